The number of hydrogen-bond donors (Lipinski definition) is 0. The van der Waals surface area contributed by atoms with Crippen LogP contribution in [0.4, 0.5) is 0 Å². The van der Waals surface area contributed by atoms with Crippen LogP contribution >= 0.6 is 0 Å². The molecule has 0 amide bonds. The Bertz CT molecular complexity index is 1010. The van der Waals surface area contributed by atoms with Gasteiger partial charge in [-0.25, -0.2) is 0 Å². The maximum Gasteiger partial charge on any atom is 0.308 e. The molecule has 0 bridgehead atoms. The third-order valence-corrected chi connectivity index (χ3v) is 6.38. The lowest BCUT2D eigenvalue weighted by atomic mass is 9.63. The fourth-order valence-electron chi connectivity index (χ4n) is 4.48. The Balaban J connectivity index is 0.000000432. The molecule has 0 aromatic heterocycles. The Hall–Kier alpha value is -3.47. The molecule has 0 N–H and O–H groups in total. The van der Waals surface area contributed by atoms with E-state index >= 15 is 0 Å². The minimum Gasteiger partial charge on any atom is -0.497 e. The van der Waals surface area contributed by atoms with Crippen molar-refractivity contribution < 1.29 is 23.7 Å². The van der Waals surface area contributed by atoms with Crippen LogP contribution in [-0.2, 0) is 14.9 Å². The van der Waals surface area contributed by atoms with Crippen LogP contribution in [0.5, 0.6) is 17.2 Å². The van der Waals surface area contributed by atoms with Gasteiger partial charge in [-0.1, -0.05) is 64.1 Å². The van der Waals surface area contributed by atoms with E-state index in [1.54, 1.807) is 21.3 Å². The van der Waals surface area contributed by atoms with Gasteiger partial charge in [-0.15, -0.1) is 0 Å². The van der Waals surface area contributed by atoms with Gasteiger partial charge in [-0.05, 0) is 79.8 Å². The van der Waals surface area contributed by atoms with Crippen molar-refractivity contribution in [3.05, 3.63) is 89.5 Å². The number of rotatable bonds is 8. The number of hydrogen-bond acceptors (Lipinski definition) is 5. The van der Waals surface area contributed by atoms with Crippen molar-refractivity contribution in [1.82, 2.24) is 0 Å². The third kappa shape index (κ3) is 7.53. The molecular formula is C33H44O5. The van der Waals surface area contributed by atoms with E-state index in [0.29, 0.717) is 5.92 Å². The lowest BCUT2D eigenvalue weighted by Crippen LogP contribution is -2.35. The number of methoxy groups -OCH3 is 3. The Morgan fingerprint density at radius 2 is 0.868 bits per heavy atom. The van der Waals surface area contributed by atoms with Gasteiger partial charge in [0.05, 0.1) is 27.2 Å². The standard InChI is InChI=1S/C25H28O3.C8H16O2/c1-18(2)25(19-6-12-22(26-3)13-7-19,20-8-14-23(27-4)15-9-20)21-10-16-24(28-5)17-11-21;1-6(2)7(9)10-8(3,4)5/h6-18H,1-5H3;6H,1-5H3. The molecule has 206 valence electrons. The van der Waals surface area contributed by atoms with E-state index in [1.165, 1.54) is 16.7 Å². The van der Waals surface area contributed by atoms with E-state index in [4.69, 9.17) is 18.9 Å². The SMILES string of the molecule is CC(C)C(=O)OC(C)(C)C.COc1ccc(C(c2ccc(OC)cc2)(c2ccc(OC)cc2)C(C)C)cc1. The first-order valence-electron chi connectivity index (χ1n) is 13.1. The number of carbonyl (C=O) groups excluding carboxylic acids is 1. The predicted molar refractivity (Wildman–Crippen MR) is 154 cm³/mol. The Labute approximate surface area is 229 Å². The molecule has 38 heavy (non-hydrogen) atoms. The van der Waals surface area contributed by atoms with Crippen molar-refractivity contribution in [2.45, 2.75) is 59.5 Å². The Morgan fingerprint density at radius 3 is 1.03 bits per heavy atom. The molecule has 5 heteroatoms. The van der Waals surface area contributed by atoms with E-state index in [-0.39, 0.29) is 22.9 Å². The molecule has 0 fully saturated rings. The molecule has 0 saturated heterocycles. The van der Waals surface area contributed by atoms with E-state index in [0.717, 1.165) is 17.2 Å². The second-order valence-electron chi connectivity index (χ2n) is 10.8. The molecule has 3 aromatic carbocycles. The summed E-state index contributed by atoms with van der Waals surface area (Å²) < 4.78 is 21.2. The highest BCUT2D eigenvalue weighted by molar-refractivity contribution is 5.71. The summed E-state index contributed by atoms with van der Waals surface area (Å²) in [5, 5.41) is 0. The smallest absolute Gasteiger partial charge is 0.308 e. The summed E-state index contributed by atoms with van der Waals surface area (Å²) in [7, 11) is 5.08. The van der Waals surface area contributed by atoms with Gasteiger partial charge >= 0.3 is 5.97 Å². The molecule has 0 unspecified atom stereocenters. The van der Waals surface area contributed by atoms with Crippen molar-refractivity contribution in [3.63, 3.8) is 0 Å². The molecule has 0 radical (unpaired) electrons. The maximum absolute atomic E-state index is 10.9. The number of carbonyl (C=O) groups is 1. The fourth-order valence-corrected chi connectivity index (χ4v) is 4.48. The first-order valence-corrected chi connectivity index (χ1v) is 13.1. The summed E-state index contributed by atoms with van der Waals surface area (Å²) in [6.07, 6.45) is 0. The van der Waals surface area contributed by atoms with Crippen molar-refractivity contribution in [1.29, 1.82) is 0 Å². The van der Waals surface area contributed by atoms with Gasteiger partial charge in [-0.3, -0.25) is 4.79 Å². The molecule has 0 aliphatic rings. The van der Waals surface area contributed by atoms with Crippen LogP contribution in [0.3, 0.4) is 0 Å². The Kier molecular flexibility index (Phi) is 10.8. The summed E-state index contributed by atoms with van der Waals surface area (Å²) >= 11 is 0. The average molecular weight is 521 g/mol. The number of benzene rings is 3. The molecule has 3 aromatic rings. The van der Waals surface area contributed by atoms with Crippen LogP contribution in [0.15, 0.2) is 72.8 Å². The zero-order valence-electron chi connectivity index (χ0n) is 24.6. The van der Waals surface area contributed by atoms with E-state index < -0.39 is 0 Å². The zero-order valence-corrected chi connectivity index (χ0v) is 24.6. The number of esters is 1. The van der Waals surface area contributed by atoms with E-state index in [1.807, 2.05) is 71.0 Å². The van der Waals surface area contributed by atoms with E-state index in [9.17, 15) is 4.79 Å². The van der Waals surface area contributed by atoms with Crippen molar-refractivity contribution in [2.75, 3.05) is 21.3 Å². The largest absolute Gasteiger partial charge is 0.497 e. The summed E-state index contributed by atoms with van der Waals surface area (Å²) in [6, 6.07) is 25.1. The van der Waals surface area contributed by atoms with Gasteiger partial charge in [0.25, 0.3) is 0 Å². The second-order valence-corrected chi connectivity index (χ2v) is 10.8. The third-order valence-electron chi connectivity index (χ3n) is 6.38. The second kappa shape index (κ2) is 13.4. The van der Waals surface area contributed by atoms with Crippen molar-refractivity contribution in [3.8, 4) is 17.2 Å². The minimum atomic E-state index is -0.346. The van der Waals surface area contributed by atoms with Gasteiger partial charge in [0.2, 0.25) is 0 Å². The highest BCUT2D eigenvalue weighted by Crippen LogP contribution is 2.46. The average Bonchev–Trinajstić information content (AvgIpc) is 2.89. The highest BCUT2D eigenvalue weighted by atomic mass is 16.6. The molecule has 5 nitrogen and oxygen atoms in total. The van der Waals surface area contributed by atoms with Crippen LogP contribution in [0, 0.1) is 11.8 Å². The first-order chi connectivity index (χ1) is 17.9. The molecule has 0 spiro atoms. The minimum absolute atomic E-state index is 0.0285. The van der Waals surface area contributed by atoms with Crippen molar-refractivity contribution >= 4 is 5.97 Å². The Morgan fingerprint density at radius 1 is 0.579 bits per heavy atom. The van der Waals surface area contributed by atoms with Crippen LogP contribution in [0.25, 0.3) is 0 Å². The van der Waals surface area contributed by atoms with Crippen LogP contribution < -0.4 is 14.2 Å². The van der Waals surface area contributed by atoms with Gasteiger partial charge in [0.1, 0.15) is 22.8 Å². The molecule has 3 rings (SSSR count). The number of ether oxygens (including phenoxy) is 4. The molecule has 0 heterocycles. The molecular weight excluding hydrogens is 476 g/mol. The highest BCUT2D eigenvalue weighted by Gasteiger charge is 2.39. The zero-order chi connectivity index (χ0) is 28.5. The molecule has 0 aliphatic carbocycles. The summed E-state index contributed by atoms with van der Waals surface area (Å²) in [5.41, 5.74) is 3.00. The maximum atomic E-state index is 10.9. The summed E-state index contributed by atoms with van der Waals surface area (Å²) in [6.45, 7) is 13.8. The van der Waals surface area contributed by atoms with E-state index in [2.05, 4.69) is 50.2 Å². The lowest BCUT2D eigenvalue weighted by Gasteiger charge is -2.40. The van der Waals surface area contributed by atoms with Crippen LogP contribution in [0.2, 0.25) is 0 Å². The fraction of sp³-hybridized carbons (Fsp3) is 0.424. The molecule has 0 aliphatic heterocycles. The van der Waals surface area contributed by atoms with Gasteiger partial charge in [-0.2, -0.15) is 0 Å². The quantitative estimate of drug-likeness (QED) is 0.225. The van der Waals surface area contributed by atoms with Crippen LogP contribution in [0.1, 0.15) is 65.2 Å². The van der Waals surface area contributed by atoms with Gasteiger partial charge in [0, 0.05) is 5.41 Å². The topological polar surface area (TPSA) is 54.0 Å². The van der Waals surface area contributed by atoms with Gasteiger partial charge < -0.3 is 18.9 Å². The monoisotopic (exact) mass is 520 g/mol. The first kappa shape index (κ1) is 30.8. The predicted octanol–water partition coefficient (Wildman–Crippen LogP) is 7.69. The van der Waals surface area contributed by atoms with Gasteiger partial charge in [0.15, 0.2) is 0 Å². The molecule has 0 atom stereocenters. The summed E-state index contributed by atoms with van der Waals surface area (Å²) in [4.78, 5) is 10.9. The molecule has 0 saturated carbocycles. The van der Waals surface area contributed by atoms with Crippen LogP contribution in [-0.4, -0.2) is 32.9 Å². The lowest BCUT2D eigenvalue weighted by molar-refractivity contribution is -0.158. The normalized spacial score (nSPS) is 11.5. The van der Waals surface area contributed by atoms with Crippen molar-refractivity contribution in [2.24, 2.45) is 11.8 Å². The summed E-state index contributed by atoms with van der Waals surface area (Å²) in [5.74, 6) is 2.71.